The molecular formula is C9H13N3O2. The van der Waals surface area contributed by atoms with Gasteiger partial charge in [-0.25, -0.2) is 9.97 Å². The summed E-state index contributed by atoms with van der Waals surface area (Å²) < 4.78 is 0. The molecule has 0 saturated carbocycles. The van der Waals surface area contributed by atoms with Crippen LogP contribution in [0.15, 0.2) is 6.20 Å². The van der Waals surface area contributed by atoms with Crippen LogP contribution in [0.3, 0.4) is 0 Å². The molecule has 0 aliphatic carbocycles. The van der Waals surface area contributed by atoms with Crippen molar-refractivity contribution in [3.05, 3.63) is 17.6 Å². The summed E-state index contributed by atoms with van der Waals surface area (Å²) in [5.41, 5.74) is 6.05. The molecule has 14 heavy (non-hydrogen) atoms. The Morgan fingerprint density at radius 2 is 2.29 bits per heavy atom. The second-order valence-corrected chi connectivity index (χ2v) is 3.36. The number of aliphatic carboxylic acids is 1. The Morgan fingerprint density at radius 1 is 1.64 bits per heavy atom. The van der Waals surface area contributed by atoms with Crippen LogP contribution >= 0.6 is 0 Å². The number of hydrogen-bond acceptors (Lipinski definition) is 4. The van der Waals surface area contributed by atoms with Crippen molar-refractivity contribution >= 4 is 11.8 Å². The first-order valence-corrected chi connectivity index (χ1v) is 4.33. The minimum atomic E-state index is -0.933. The van der Waals surface area contributed by atoms with Gasteiger partial charge in [0.1, 0.15) is 11.6 Å². The van der Waals surface area contributed by atoms with Gasteiger partial charge in [-0.3, -0.25) is 4.79 Å². The van der Waals surface area contributed by atoms with Gasteiger partial charge in [-0.1, -0.05) is 13.8 Å². The highest BCUT2D eigenvalue weighted by atomic mass is 16.4. The monoisotopic (exact) mass is 195 g/mol. The van der Waals surface area contributed by atoms with Gasteiger partial charge in [0.05, 0.1) is 6.42 Å². The molecule has 1 aromatic rings. The van der Waals surface area contributed by atoms with Crippen molar-refractivity contribution < 1.29 is 9.90 Å². The van der Waals surface area contributed by atoms with Crippen LogP contribution in [0.5, 0.6) is 0 Å². The fourth-order valence-electron chi connectivity index (χ4n) is 1.01. The smallest absolute Gasteiger partial charge is 0.308 e. The molecule has 5 heteroatoms. The molecule has 0 spiro atoms. The van der Waals surface area contributed by atoms with E-state index in [0.717, 1.165) is 0 Å². The number of carboxylic acid groups (broad SMARTS) is 1. The van der Waals surface area contributed by atoms with E-state index >= 15 is 0 Å². The quantitative estimate of drug-likeness (QED) is 0.744. The molecule has 1 heterocycles. The zero-order chi connectivity index (χ0) is 10.7. The molecule has 0 radical (unpaired) electrons. The Hall–Kier alpha value is -1.65. The third-order valence-electron chi connectivity index (χ3n) is 1.77. The summed E-state index contributed by atoms with van der Waals surface area (Å²) in [5.74, 6) is 0.150. The molecule has 0 fully saturated rings. The Morgan fingerprint density at radius 3 is 2.71 bits per heavy atom. The second kappa shape index (κ2) is 4.04. The number of nitrogens with zero attached hydrogens (tertiary/aromatic N) is 2. The van der Waals surface area contributed by atoms with Gasteiger partial charge >= 0.3 is 5.97 Å². The number of anilines is 1. The van der Waals surface area contributed by atoms with Crippen LogP contribution < -0.4 is 5.73 Å². The third-order valence-corrected chi connectivity index (χ3v) is 1.77. The van der Waals surface area contributed by atoms with Crippen LogP contribution in [-0.4, -0.2) is 21.0 Å². The normalized spacial score (nSPS) is 10.5. The minimum absolute atomic E-state index is 0.135. The molecule has 0 saturated heterocycles. The highest BCUT2D eigenvalue weighted by Gasteiger charge is 2.09. The maximum absolute atomic E-state index is 10.4. The SMILES string of the molecule is CC(C)c1ncc(CC(=O)O)c(N)n1. The largest absolute Gasteiger partial charge is 0.481 e. The maximum atomic E-state index is 10.4. The lowest BCUT2D eigenvalue weighted by atomic mass is 10.2. The van der Waals surface area contributed by atoms with Crippen LogP contribution in [-0.2, 0) is 11.2 Å². The third kappa shape index (κ3) is 2.42. The van der Waals surface area contributed by atoms with Crippen LogP contribution in [0.4, 0.5) is 5.82 Å². The summed E-state index contributed by atoms with van der Waals surface area (Å²) in [4.78, 5) is 18.5. The Balaban J connectivity index is 2.95. The van der Waals surface area contributed by atoms with E-state index < -0.39 is 5.97 Å². The average molecular weight is 195 g/mol. The first-order valence-electron chi connectivity index (χ1n) is 4.33. The van der Waals surface area contributed by atoms with Crippen molar-refractivity contribution in [3.8, 4) is 0 Å². The molecular weight excluding hydrogens is 182 g/mol. The Labute approximate surface area is 82.0 Å². The summed E-state index contributed by atoms with van der Waals surface area (Å²) in [6.07, 6.45) is 1.34. The van der Waals surface area contributed by atoms with E-state index in [4.69, 9.17) is 10.8 Å². The van der Waals surface area contributed by atoms with Crippen LogP contribution in [0.1, 0.15) is 31.2 Å². The van der Waals surface area contributed by atoms with Gasteiger partial charge < -0.3 is 10.8 Å². The first kappa shape index (κ1) is 10.4. The number of nitrogen functional groups attached to an aromatic ring is 1. The predicted octanol–water partition coefficient (Wildman–Crippen LogP) is 0.809. The first-order chi connectivity index (χ1) is 6.50. The van der Waals surface area contributed by atoms with Gasteiger partial charge in [0.15, 0.2) is 0 Å². The van der Waals surface area contributed by atoms with Crippen molar-refractivity contribution in [2.24, 2.45) is 0 Å². The topological polar surface area (TPSA) is 89.1 Å². The molecule has 76 valence electrons. The number of carboxylic acids is 1. The van der Waals surface area contributed by atoms with Crippen molar-refractivity contribution in [1.29, 1.82) is 0 Å². The van der Waals surface area contributed by atoms with E-state index in [0.29, 0.717) is 11.4 Å². The maximum Gasteiger partial charge on any atom is 0.308 e. The predicted molar refractivity (Wildman–Crippen MR) is 51.9 cm³/mol. The number of aromatic nitrogens is 2. The molecule has 0 bridgehead atoms. The van der Waals surface area contributed by atoms with Gasteiger partial charge in [-0.2, -0.15) is 0 Å². The lowest BCUT2D eigenvalue weighted by Gasteiger charge is -2.06. The molecule has 0 aliphatic rings. The molecule has 3 N–H and O–H groups in total. The fourth-order valence-corrected chi connectivity index (χ4v) is 1.01. The number of nitrogens with two attached hydrogens (primary N) is 1. The number of hydrogen-bond donors (Lipinski definition) is 2. The van der Waals surface area contributed by atoms with E-state index in [1.165, 1.54) is 6.20 Å². The van der Waals surface area contributed by atoms with Gasteiger partial charge in [0, 0.05) is 17.7 Å². The van der Waals surface area contributed by atoms with E-state index in [1.54, 1.807) is 0 Å². The summed E-state index contributed by atoms with van der Waals surface area (Å²) in [6.45, 7) is 3.90. The lowest BCUT2D eigenvalue weighted by Crippen LogP contribution is -2.08. The van der Waals surface area contributed by atoms with Gasteiger partial charge in [-0.15, -0.1) is 0 Å². The zero-order valence-electron chi connectivity index (χ0n) is 8.19. The van der Waals surface area contributed by atoms with Crippen molar-refractivity contribution in [2.45, 2.75) is 26.2 Å². The number of rotatable bonds is 3. The van der Waals surface area contributed by atoms with Crippen molar-refractivity contribution in [1.82, 2.24) is 9.97 Å². The highest BCUT2D eigenvalue weighted by molar-refractivity contribution is 5.71. The number of carbonyl (C=O) groups is 1. The van der Waals surface area contributed by atoms with Crippen LogP contribution in [0.25, 0.3) is 0 Å². The minimum Gasteiger partial charge on any atom is -0.481 e. The van der Waals surface area contributed by atoms with E-state index in [9.17, 15) is 4.79 Å². The molecule has 0 unspecified atom stereocenters. The van der Waals surface area contributed by atoms with Gasteiger partial charge in [0.2, 0.25) is 0 Å². The molecule has 5 nitrogen and oxygen atoms in total. The molecule has 1 rings (SSSR count). The van der Waals surface area contributed by atoms with E-state index in [2.05, 4.69) is 9.97 Å². The van der Waals surface area contributed by atoms with Gasteiger partial charge in [-0.05, 0) is 0 Å². The van der Waals surface area contributed by atoms with Crippen LogP contribution in [0, 0.1) is 0 Å². The molecule has 0 aromatic carbocycles. The van der Waals surface area contributed by atoms with Crippen molar-refractivity contribution in [2.75, 3.05) is 5.73 Å². The fraction of sp³-hybridized carbons (Fsp3) is 0.444. The zero-order valence-corrected chi connectivity index (χ0v) is 8.19. The van der Waals surface area contributed by atoms with E-state index in [1.807, 2.05) is 13.8 Å². The van der Waals surface area contributed by atoms with Crippen molar-refractivity contribution in [3.63, 3.8) is 0 Å². The summed E-state index contributed by atoms with van der Waals surface area (Å²) in [6, 6.07) is 0. The molecule has 0 atom stereocenters. The van der Waals surface area contributed by atoms with E-state index in [-0.39, 0.29) is 18.2 Å². The summed E-state index contributed by atoms with van der Waals surface area (Å²) >= 11 is 0. The van der Waals surface area contributed by atoms with Gasteiger partial charge in [0.25, 0.3) is 0 Å². The highest BCUT2D eigenvalue weighted by Crippen LogP contribution is 2.13. The average Bonchev–Trinajstić information content (AvgIpc) is 2.07. The lowest BCUT2D eigenvalue weighted by molar-refractivity contribution is -0.136. The Bertz CT molecular complexity index is 350. The second-order valence-electron chi connectivity index (χ2n) is 3.36. The summed E-state index contributed by atoms with van der Waals surface area (Å²) in [7, 11) is 0. The molecule has 1 aromatic heterocycles. The van der Waals surface area contributed by atoms with Crippen LogP contribution in [0.2, 0.25) is 0 Å². The summed E-state index contributed by atoms with van der Waals surface area (Å²) in [5, 5.41) is 8.56. The molecule has 0 aliphatic heterocycles. The standard InChI is InChI=1S/C9H13N3O2/c1-5(2)9-11-4-6(3-7(13)14)8(10)12-9/h4-5H,3H2,1-2H3,(H,13,14)(H2,10,11,12). The molecule has 0 amide bonds. The Kier molecular flexibility index (Phi) is 3.01.